The van der Waals surface area contributed by atoms with Crippen molar-refractivity contribution in [2.45, 2.75) is 56.5 Å². The van der Waals surface area contributed by atoms with Gasteiger partial charge in [0, 0.05) is 37.5 Å². The van der Waals surface area contributed by atoms with Gasteiger partial charge < -0.3 is 14.4 Å². The van der Waals surface area contributed by atoms with E-state index in [-0.39, 0.29) is 35.8 Å². The molecule has 1 amide bonds. The summed E-state index contributed by atoms with van der Waals surface area (Å²) in [6.07, 6.45) is 4.77. The van der Waals surface area contributed by atoms with E-state index < -0.39 is 0 Å². The number of ether oxygens (including phenoxy) is 2. The van der Waals surface area contributed by atoms with Crippen LogP contribution in [0.15, 0.2) is 48.5 Å². The fourth-order valence-corrected chi connectivity index (χ4v) is 6.02. The standard InChI is InChI=1S/C27H31NO4/c1-31-14-13-26(29)18-15-19-7-6-8-20(16-18)28(19)27(30)32-17-25-23-11-4-2-9-21(23)22-10-3-5-12-24(22)25/h2-5,9-12,18-20,25H,6-8,13-17H2,1H3. The quantitative estimate of drug-likeness (QED) is 0.630. The van der Waals surface area contributed by atoms with Crippen LogP contribution in [0.1, 0.15) is 55.6 Å². The lowest BCUT2D eigenvalue weighted by molar-refractivity contribution is -0.127. The van der Waals surface area contributed by atoms with Gasteiger partial charge in [-0.15, -0.1) is 0 Å². The van der Waals surface area contributed by atoms with Gasteiger partial charge in [0.25, 0.3) is 0 Å². The zero-order valence-electron chi connectivity index (χ0n) is 18.7. The van der Waals surface area contributed by atoms with Crippen LogP contribution in [0.3, 0.4) is 0 Å². The number of carbonyl (C=O) groups is 2. The summed E-state index contributed by atoms with van der Waals surface area (Å²) in [7, 11) is 1.63. The van der Waals surface area contributed by atoms with Crippen molar-refractivity contribution in [2.24, 2.45) is 5.92 Å². The fraction of sp³-hybridized carbons (Fsp3) is 0.481. The second-order valence-corrected chi connectivity index (χ2v) is 9.33. The molecule has 2 aromatic carbocycles. The molecule has 0 N–H and O–H groups in total. The van der Waals surface area contributed by atoms with Crippen LogP contribution >= 0.6 is 0 Å². The first-order valence-corrected chi connectivity index (χ1v) is 11.8. The number of nitrogens with zero attached hydrogens (tertiary/aromatic N) is 1. The van der Waals surface area contributed by atoms with Crippen molar-refractivity contribution >= 4 is 11.9 Å². The molecule has 0 radical (unpaired) electrons. The SMILES string of the molecule is COCCC(=O)C1CC2CCCC(C1)N2C(=O)OCC1c2ccccc2-c2ccccc21. The molecular weight excluding hydrogens is 402 g/mol. The highest BCUT2D eigenvalue weighted by molar-refractivity contribution is 5.82. The molecule has 5 heteroatoms. The summed E-state index contributed by atoms with van der Waals surface area (Å²) in [6, 6.07) is 17.0. The van der Waals surface area contributed by atoms with E-state index in [9.17, 15) is 9.59 Å². The van der Waals surface area contributed by atoms with Gasteiger partial charge in [-0.2, -0.15) is 0 Å². The molecule has 0 aromatic heterocycles. The van der Waals surface area contributed by atoms with Crippen LogP contribution in [0.25, 0.3) is 11.1 Å². The number of rotatable bonds is 6. The van der Waals surface area contributed by atoms with Gasteiger partial charge in [0.1, 0.15) is 12.4 Å². The number of Topliss-reactive ketones (excluding diaryl/α,β-unsaturated/α-hetero) is 1. The largest absolute Gasteiger partial charge is 0.448 e. The minimum absolute atomic E-state index is 0.0399. The molecule has 0 spiro atoms. The van der Waals surface area contributed by atoms with Gasteiger partial charge in [0.2, 0.25) is 0 Å². The molecule has 168 valence electrons. The van der Waals surface area contributed by atoms with Gasteiger partial charge in [0.05, 0.1) is 6.61 Å². The molecule has 2 fully saturated rings. The molecule has 2 atom stereocenters. The second-order valence-electron chi connectivity index (χ2n) is 9.33. The monoisotopic (exact) mass is 433 g/mol. The predicted octanol–water partition coefficient (Wildman–Crippen LogP) is 5.17. The first-order valence-electron chi connectivity index (χ1n) is 11.8. The Hall–Kier alpha value is -2.66. The number of ketones is 1. The number of methoxy groups -OCH3 is 1. The minimum atomic E-state index is -0.218. The van der Waals surface area contributed by atoms with E-state index in [1.54, 1.807) is 7.11 Å². The lowest BCUT2D eigenvalue weighted by Crippen LogP contribution is -2.56. The van der Waals surface area contributed by atoms with Crippen molar-refractivity contribution in [3.8, 4) is 11.1 Å². The Bertz CT molecular complexity index is 943. The third kappa shape index (κ3) is 3.83. The molecule has 3 aliphatic rings. The number of hydrogen-bond donors (Lipinski definition) is 0. The number of benzene rings is 2. The summed E-state index contributed by atoms with van der Waals surface area (Å²) in [5.74, 6) is 0.383. The van der Waals surface area contributed by atoms with Crippen molar-refractivity contribution in [2.75, 3.05) is 20.3 Å². The van der Waals surface area contributed by atoms with Gasteiger partial charge in [-0.3, -0.25) is 4.79 Å². The molecule has 0 saturated carbocycles. The van der Waals surface area contributed by atoms with Crippen LogP contribution in [0.4, 0.5) is 4.79 Å². The van der Waals surface area contributed by atoms with E-state index in [0.717, 1.165) is 32.1 Å². The van der Waals surface area contributed by atoms with Crippen LogP contribution in [0, 0.1) is 5.92 Å². The number of fused-ring (bicyclic) bond motifs is 5. The highest BCUT2D eigenvalue weighted by atomic mass is 16.6. The number of amides is 1. The number of piperidine rings is 2. The van der Waals surface area contributed by atoms with Gasteiger partial charge >= 0.3 is 6.09 Å². The average molecular weight is 434 g/mol. The zero-order chi connectivity index (χ0) is 22.1. The highest BCUT2D eigenvalue weighted by Gasteiger charge is 2.43. The molecule has 2 heterocycles. The molecular formula is C27H31NO4. The Balaban J connectivity index is 1.28. The fourth-order valence-electron chi connectivity index (χ4n) is 6.02. The Morgan fingerprint density at radius 2 is 1.53 bits per heavy atom. The van der Waals surface area contributed by atoms with Crippen LogP contribution in [-0.2, 0) is 14.3 Å². The summed E-state index contributed by atoms with van der Waals surface area (Å²) in [5, 5.41) is 0. The maximum atomic E-state index is 13.2. The first-order chi connectivity index (χ1) is 15.7. The minimum Gasteiger partial charge on any atom is -0.448 e. The van der Waals surface area contributed by atoms with E-state index in [1.165, 1.54) is 22.3 Å². The molecule has 2 unspecified atom stereocenters. The normalized spacial score (nSPS) is 24.0. The summed E-state index contributed by atoms with van der Waals surface area (Å²) in [6.45, 7) is 0.819. The predicted molar refractivity (Wildman–Crippen MR) is 123 cm³/mol. The van der Waals surface area contributed by atoms with Crippen molar-refractivity contribution in [1.82, 2.24) is 4.90 Å². The maximum Gasteiger partial charge on any atom is 0.410 e. The first kappa shape index (κ1) is 21.2. The average Bonchev–Trinajstić information content (AvgIpc) is 3.14. The Morgan fingerprint density at radius 1 is 0.938 bits per heavy atom. The lowest BCUT2D eigenvalue weighted by atomic mass is 9.76. The van der Waals surface area contributed by atoms with E-state index in [2.05, 4.69) is 48.5 Å². The van der Waals surface area contributed by atoms with Crippen LogP contribution < -0.4 is 0 Å². The molecule has 32 heavy (non-hydrogen) atoms. The molecule has 5 nitrogen and oxygen atoms in total. The summed E-state index contributed by atoms with van der Waals surface area (Å²) < 4.78 is 11.0. The summed E-state index contributed by atoms with van der Waals surface area (Å²) in [5.41, 5.74) is 4.92. The van der Waals surface area contributed by atoms with Crippen LogP contribution in [0.2, 0.25) is 0 Å². The molecule has 1 aliphatic carbocycles. The topological polar surface area (TPSA) is 55.8 Å². The molecule has 2 saturated heterocycles. The van der Waals surface area contributed by atoms with Crippen molar-refractivity contribution < 1.29 is 19.1 Å². The molecule has 5 rings (SSSR count). The van der Waals surface area contributed by atoms with Crippen molar-refractivity contribution in [3.63, 3.8) is 0 Å². The highest BCUT2D eigenvalue weighted by Crippen LogP contribution is 2.45. The van der Waals surface area contributed by atoms with E-state index >= 15 is 0 Å². The van der Waals surface area contributed by atoms with E-state index in [1.807, 2.05) is 4.90 Å². The summed E-state index contributed by atoms with van der Waals surface area (Å²) >= 11 is 0. The van der Waals surface area contributed by atoms with E-state index in [4.69, 9.17) is 9.47 Å². The lowest BCUT2D eigenvalue weighted by Gasteiger charge is -2.47. The second kappa shape index (κ2) is 9.07. The Kier molecular flexibility index (Phi) is 6.01. The number of carbonyl (C=O) groups excluding carboxylic acids is 2. The van der Waals surface area contributed by atoms with Crippen LogP contribution in [0.5, 0.6) is 0 Å². The maximum absolute atomic E-state index is 13.2. The van der Waals surface area contributed by atoms with Gasteiger partial charge in [0.15, 0.2) is 0 Å². The molecule has 2 aliphatic heterocycles. The smallest absolute Gasteiger partial charge is 0.410 e. The third-order valence-corrected chi connectivity index (χ3v) is 7.53. The summed E-state index contributed by atoms with van der Waals surface area (Å²) in [4.78, 5) is 27.8. The molecule has 2 bridgehead atoms. The third-order valence-electron chi connectivity index (χ3n) is 7.53. The van der Waals surface area contributed by atoms with Gasteiger partial charge in [-0.05, 0) is 54.4 Å². The Labute approximate surface area is 189 Å². The van der Waals surface area contributed by atoms with Gasteiger partial charge in [-0.25, -0.2) is 4.79 Å². The van der Waals surface area contributed by atoms with Crippen molar-refractivity contribution in [3.05, 3.63) is 59.7 Å². The van der Waals surface area contributed by atoms with E-state index in [0.29, 0.717) is 19.6 Å². The molecule has 2 aromatic rings. The van der Waals surface area contributed by atoms with Crippen LogP contribution in [-0.4, -0.2) is 49.2 Å². The van der Waals surface area contributed by atoms with Gasteiger partial charge in [-0.1, -0.05) is 48.5 Å². The Morgan fingerprint density at radius 3 is 2.12 bits per heavy atom. The van der Waals surface area contributed by atoms with Crippen molar-refractivity contribution in [1.29, 1.82) is 0 Å². The number of hydrogen-bond acceptors (Lipinski definition) is 4. The zero-order valence-corrected chi connectivity index (χ0v) is 18.7.